The fourth-order valence-corrected chi connectivity index (χ4v) is 2.49. The van der Waals surface area contributed by atoms with E-state index in [2.05, 4.69) is 26.2 Å². The van der Waals surface area contributed by atoms with Gasteiger partial charge >= 0.3 is 0 Å². The van der Waals surface area contributed by atoms with Gasteiger partial charge in [-0.1, -0.05) is 23.7 Å². The minimum Gasteiger partial charge on any atom is -0.321 e. The van der Waals surface area contributed by atoms with Gasteiger partial charge in [0.1, 0.15) is 4.60 Å². The molecule has 0 unspecified atom stereocenters. The molecule has 0 radical (unpaired) electrons. The van der Waals surface area contributed by atoms with Crippen molar-refractivity contribution in [3.05, 3.63) is 57.3 Å². The van der Waals surface area contributed by atoms with E-state index in [1.165, 1.54) is 0 Å². The maximum Gasteiger partial charge on any atom is 0.256 e. The molecule has 19 heavy (non-hydrogen) atoms. The van der Waals surface area contributed by atoms with Crippen molar-refractivity contribution in [3.63, 3.8) is 0 Å². The molecule has 1 N–H and O–H groups in total. The van der Waals surface area contributed by atoms with Gasteiger partial charge in [-0.3, -0.25) is 4.79 Å². The number of benzene rings is 1. The second-order valence-corrected chi connectivity index (χ2v) is 5.34. The number of hydrogen-bond acceptors (Lipinski definition) is 2. The standard InChI is InChI=1S/C14H8BrClN2O/c15-13-3-1-2-9(17-13)7-11-10-5-4-8(16)6-12(10)18-14(11)19/h1-7H,(H,18,19). The van der Waals surface area contributed by atoms with Gasteiger partial charge in [0.25, 0.3) is 5.91 Å². The van der Waals surface area contributed by atoms with Crippen LogP contribution in [-0.4, -0.2) is 10.9 Å². The Morgan fingerprint density at radius 1 is 1.26 bits per heavy atom. The van der Waals surface area contributed by atoms with Crippen LogP contribution >= 0.6 is 27.5 Å². The molecule has 0 fully saturated rings. The number of nitrogens with one attached hydrogen (secondary N) is 1. The van der Waals surface area contributed by atoms with Crippen LogP contribution < -0.4 is 5.32 Å². The SMILES string of the molecule is O=C1Nc2cc(Cl)ccc2C1=Cc1cccc(Br)n1. The summed E-state index contributed by atoms with van der Waals surface area (Å²) in [5, 5.41) is 3.39. The lowest BCUT2D eigenvalue weighted by Gasteiger charge is -1.99. The normalized spacial score (nSPS) is 15.5. The minimum atomic E-state index is -0.140. The number of fused-ring (bicyclic) bond motifs is 1. The molecule has 1 amide bonds. The Bertz CT molecular complexity index is 712. The Hall–Kier alpha value is -1.65. The predicted molar refractivity (Wildman–Crippen MR) is 79.9 cm³/mol. The number of aromatic nitrogens is 1. The third-order valence-corrected chi connectivity index (χ3v) is 3.47. The summed E-state index contributed by atoms with van der Waals surface area (Å²) in [7, 11) is 0. The molecular formula is C14H8BrClN2O. The molecule has 0 atom stereocenters. The minimum absolute atomic E-state index is 0.140. The molecule has 0 spiro atoms. The summed E-state index contributed by atoms with van der Waals surface area (Å²) in [6, 6.07) is 10.9. The van der Waals surface area contributed by atoms with E-state index in [1.807, 2.05) is 24.3 Å². The van der Waals surface area contributed by atoms with Crippen LogP contribution in [0.15, 0.2) is 41.0 Å². The lowest BCUT2D eigenvalue weighted by Crippen LogP contribution is -2.03. The molecule has 0 bridgehead atoms. The van der Waals surface area contributed by atoms with E-state index in [-0.39, 0.29) is 5.91 Å². The Morgan fingerprint density at radius 2 is 2.11 bits per heavy atom. The molecule has 0 saturated carbocycles. The van der Waals surface area contributed by atoms with Gasteiger partial charge in [0.15, 0.2) is 0 Å². The quantitative estimate of drug-likeness (QED) is 0.632. The van der Waals surface area contributed by atoms with Crippen molar-refractivity contribution in [2.45, 2.75) is 0 Å². The number of nitrogens with zero attached hydrogens (tertiary/aromatic N) is 1. The number of halogens is 2. The first-order chi connectivity index (χ1) is 9.13. The molecule has 1 aliphatic heterocycles. The Balaban J connectivity index is 2.09. The number of pyridine rings is 1. The van der Waals surface area contributed by atoms with Crippen LogP contribution in [0.4, 0.5) is 5.69 Å². The zero-order chi connectivity index (χ0) is 13.4. The van der Waals surface area contributed by atoms with Crippen molar-refractivity contribution < 1.29 is 4.79 Å². The molecule has 1 aromatic heterocycles. The summed E-state index contributed by atoms with van der Waals surface area (Å²) in [5.74, 6) is -0.140. The van der Waals surface area contributed by atoms with Crippen molar-refractivity contribution in [2.75, 3.05) is 5.32 Å². The third-order valence-electron chi connectivity index (χ3n) is 2.79. The van der Waals surface area contributed by atoms with Gasteiger partial charge in [-0.25, -0.2) is 4.98 Å². The van der Waals surface area contributed by atoms with Crippen LogP contribution in [0, 0.1) is 0 Å². The van der Waals surface area contributed by atoms with Crippen molar-refractivity contribution in [2.24, 2.45) is 0 Å². The van der Waals surface area contributed by atoms with E-state index in [4.69, 9.17) is 11.6 Å². The number of anilines is 1. The van der Waals surface area contributed by atoms with Crippen LogP contribution in [0.2, 0.25) is 5.02 Å². The van der Waals surface area contributed by atoms with E-state index >= 15 is 0 Å². The average molecular weight is 336 g/mol. The highest BCUT2D eigenvalue weighted by Crippen LogP contribution is 2.34. The van der Waals surface area contributed by atoms with Crippen LogP contribution in [0.5, 0.6) is 0 Å². The van der Waals surface area contributed by atoms with Gasteiger partial charge < -0.3 is 5.32 Å². The zero-order valence-electron chi connectivity index (χ0n) is 9.65. The first-order valence-electron chi connectivity index (χ1n) is 5.59. The molecule has 0 aliphatic carbocycles. The van der Waals surface area contributed by atoms with Gasteiger partial charge in [-0.15, -0.1) is 0 Å². The fraction of sp³-hybridized carbons (Fsp3) is 0. The Labute approximate surface area is 123 Å². The van der Waals surface area contributed by atoms with Gasteiger partial charge in [-0.2, -0.15) is 0 Å². The number of hydrogen-bond donors (Lipinski definition) is 1. The summed E-state index contributed by atoms with van der Waals surface area (Å²) in [4.78, 5) is 16.3. The van der Waals surface area contributed by atoms with Gasteiger partial charge in [-0.05, 0) is 46.3 Å². The topological polar surface area (TPSA) is 42.0 Å². The summed E-state index contributed by atoms with van der Waals surface area (Å²) in [6.45, 7) is 0. The van der Waals surface area contributed by atoms with E-state index < -0.39 is 0 Å². The van der Waals surface area contributed by atoms with Crippen molar-refractivity contribution in [1.29, 1.82) is 0 Å². The van der Waals surface area contributed by atoms with E-state index in [0.29, 0.717) is 10.6 Å². The monoisotopic (exact) mass is 334 g/mol. The second-order valence-electron chi connectivity index (χ2n) is 4.09. The molecule has 3 nitrogen and oxygen atoms in total. The number of carbonyl (C=O) groups is 1. The molecule has 0 saturated heterocycles. The first kappa shape index (κ1) is 12.4. The van der Waals surface area contributed by atoms with Crippen LogP contribution in [0.3, 0.4) is 0 Å². The largest absolute Gasteiger partial charge is 0.321 e. The smallest absolute Gasteiger partial charge is 0.256 e. The Kier molecular flexibility index (Phi) is 3.12. The molecule has 5 heteroatoms. The second kappa shape index (κ2) is 4.79. The van der Waals surface area contributed by atoms with E-state index in [9.17, 15) is 4.79 Å². The lowest BCUT2D eigenvalue weighted by molar-refractivity contribution is -0.110. The number of amides is 1. The van der Waals surface area contributed by atoms with Gasteiger partial charge in [0.05, 0.1) is 17.0 Å². The predicted octanol–water partition coefficient (Wildman–Crippen LogP) is 3.99. The molecule has 2 aromatic rings. The molecule has 2 heterocycles. The number of rotatable bonds is 1. The first-order valence-corrected chi connectivity index (χ1v) is 6.76. The van der Waals surface area contributed by atoms with Gasteiger partial charge in [0.2, 0.25) is 0 Å². The summed E-state index contributed by atoms with van der Waals surface area (Å²) in [5.41, 5.74) is 2.90. The summed E-state index contributed by atoms with van der Waals surface area (Å²) < 4.78 is 0.733. The van der Waals surface area contributed by atoms with Crippen molar-refractivity contribution in [1.82, 2.24) is 4.98 Å². The molecule has 3 rings (SSSR count). The number of carbonyl (C=O) groups excluding carboxylic acids is 1. The van der Waals surface area contributed by atoms with Gasteiger partial charge in [0, 0.05) is 10.6 Å². The van der Waals surface area contributed by atoms with Crippen LogP contribution in [-0.2, 0) is 4.79 Å². The zero-order valence-corrected chi connectivity index (χ0v) is 12.0. The molecule has 94 valence electrons. The van der Waals surface area contributed by atoms with E-state index in [1.54, 1.807) is 18.2 Å². The van der Waals surface area contributed by atoms with E-state index in [0.717, 1.165) is 21.5 Å². The fourth-order valence-electron chi connectivity index (χ4n) is 1.96. The van der Waals surface area contributed by atoms with Crippen LogP contribution in [0.1, 0.15) is 11.3 Å². The molecule has 1 aromatic carbocycles. The van der Waals surface area contributed by atoms with Crippen molar-refractivity contribution >= 4 is 50.8 Å². The van der Waals surface area contributed by atoms with Crippen molar-refractivity contribution in [3.8, 4) is 0 Å². The average Bonchev–Trinajstić information content (AvgIpc) is 2.65. The maximum absolute atomic E-state index is 12.0. The highest BCUT2D eigenvalue weighted by atomic mass is 79.9. The van der Waals surface area contributed by atoms with Crippen LogP contribution in [0.25, 0.3) is 11.6 Å². The third kappa shape index (κ3) is 2.41. The molecular weight excluding hydrogens is 328 g/mol. The highest BCUT2D eigenvalue weighted by molar-refractivity contribution is 9.10. The Morgan fingerprint density at radius 3 is 2.89 bits per heavy atom. The summed E-state index contributed by atoms with van der Waals surface area (Å²) in [6.07, 6.45) is 1.76. The molecule has 1 aliphatic rings. The summed E-state index contributed by atoms with van der Waals surface area (Å²) >= 11 is 9.22. The highest BCUT2D eigenvalue weighted by Gasteiger charge is 2.24. The lowest BCUT2D eigenvalue weighted by atomic mass is 10.1. The maximum atomic E-state index is 12.0.